The molecule has 0 rings (SSSR count). The average molecular weight is 212 g/mol. The van der Waals surface area contributed by atoms with Gasteiger partial charge in [0.05, 0.1) is 13.2 Å². The molecule has 0 fully saturated rings. The zero-order valence-electron chi connectivity index (χ0n) is 8.75. The van der Waals surface area contributed by atoms with Crippen molar-refractivity contribution in [2.24, 2.45) is 0 Å². The summed E-state index contributed by atoms with van der Waals surface area (Å²) in [5.41, 5.74) is 0. The van der Waals surface area contributed by atoms with Crippen LogP contribution in [0.4, 0.5) is 0 Å². The summed E-state index contributed by atoms with van der Waals surface area (Å²) >= 11 is 0. The molecular formula is C11H32O3. The van der Waals surface area contributed by atoms with Crippen LogP contribution >= 0.6 is 0 Å². The normalized spacial score (nSPS) is 6.86. The highest BCUT2D eigenvalue weighted by Crippen LogP contribution is 1.71. The van der Waals surface area contributed by atoms with Crippen molar-refractivity contribution in [2.75, 3.05) is 13.2 Å². The van der Waals surface area contributed by atoms with Crippen LogP contribution in [0.5, 0.6) is 0 Å². The summed E-state index contributed by atoms with van der Waals surface area (Å²) in [6, 6.07) is 0. The van der Waals surface area contributed by atoms with Crippen LogP contribution in [0.1, 0.15) is 55.4 Å². The van der Waals surface area contributed by atoms with Crippen molar-refractivity contribution in [3.8, 4) is 0 Å². The molecule has 0 aromatic rings. The third kappa shape index (κ3) is 93.4. The van der Waals surface area contributed by atoms with E-state index in [0.29, 0.717) is 0 Å². The van der Waals surface area contributed by atoms with Gasteiger partial charge in [-0.05, 0) is 0 Å². The van der Waals surface area contributed by atoms with Gasteiger partial charge < -0.3 is 15.3 Å². The van der Waals surface area contributed by atoms with E-state index in [9.17, 15) is 0 Å². The molecule has 0 aliphatic heterocycles. The molecule has 94 valence electrons. The number of aliphatic hydroxyl groups is 3. The second kappa shape index (κ2) is 38.4. The summed E-state index contributed by atoms with van der Waals surface area (Å²) in [5.74, 6) is 0. The summed E-state index contributed by atoms with van der Waals surface area (Å²) in [4.78, 5) is 0. The van der Waals surface area contributed by atoms with Gasteiger partial charge in [-0.25, -0.2) is 0 Å². The average Bonchev–Trinajstić information content (AvgIpc) is 2.06. The van der Waals surface area contributed by atoms with E-state index in [0.717, 1.165) is 0 Å². The largest absolute Gasteiger partial charge is 0.394 e. The molecule has 3 nitrogen and oxygen atoms in total. The van der Waals surface area contributed by atoms with Crippen molar-refractivity contribution in [3.63, 3.8) is 0 Å². The number of rotatable bonds is 2. The van der Waals surface area contributed by atoms with Crippen molar-refractivity contribution in [1.29, 1.82) is 0 Å². The van der Waals surface area contributed by atoms with Crippen LogP contribution in [-0.4, -0.2) is 34.6 Å². The van der Waals surface area contributed by atoms with E-state index >= 15 is 0 Å². The molecule has 0 spiro atoms. The Labute approximate surface area is 90.8 Å². The van der Waals surface area contributed by atoms with E-state index in [2.05, 4.69) is 27.7 Å². The molecule has 0 saturated heterocycles. The Hall–Kier alpha value is -0.120. The van der Waals surface area contributed by atoms with Gasteiger partial charge in [0.2, 0.25) is 0 Å². The molecule has 0 atom stereocenters. The van der Waals surface area contributed by atoms with Gasteiger partial charge in [0.25, 0.3) is 0 Å². The topological polar surface area (TPSA) is 60.7 Å². The summed E-state index contributed by atoms with van der Waals surface area (Å²) in [6.45, 7) is 7.77. The van der Waals surface area contributed by atoms with Crippen LogP contribution in [0.25, 0.3) is 0 Å². The first-order chi connectivity index (χ1) is 5.64. The van der Waals surface area contributed by atoms with Gasteiger partial charge >= 0.3 is 0 Å². The maximum atomic E-state index is 8.17. The maximum absolute atomic E-state index is 8.17. The minimum atomic E-state index is -0.954. The van der Waals surface area contributed by atoms with Gasteiger partial charge in [-0.3, -0.25) is 0 Å². The SMILES string of the molecule is C.C.CCC.CCC.OCC(O)CO. The lowest BCUT2D eigenvalue weighted by Crippen LogP contribution is -2.15. The highest BCUT2D eigenvalue weighted by Gasteiger charge is 1.93. The first-order valence-corrected chi connectivity index (χ1v) is 4.54. The highest BCUT2D eigenvalue weighted by molar-refractivity contribution is 4.43. The summed E-state index contributed by atoms with van der Waals surface area (Å²) in [6.07, 6.45) is 1.55. The molecule has 0 unspecified atom stereocenters. The zero-order valence-corrected chi connectivity index (χ0v) is 8.75. The van der Waals surface area contributed by atoms with E-state index < -0.39 is 6.10 Å². The van der Waals surface area contributed by atoms with Gasteiger partial charge in [-0.2, -0.15) is 0 Å². The molecular weight excluding hydrogens is 180 g/mol. The van der Waals surface area contributed by atoms with E-state index in [-0.39, 0.29) is 28.1 Å². The first-order valence-electron chi connectivity index (χ1n) is 4.54. The molecule has 0 amide bonds. The third-order valence-electron chi connectivity index (χ3n) is 0.421. The molecule has 3 N–H and O–H groups in total. The van der Waals surface area contributed by atoms with Gasteiger partial charge in [0.1, 0.15) is 6.10 Å². The van der Waals surface area contributed by atoms with Crippen LogP contribution in [0.2, 0.25) is 0 Å². The molecule has 14 heavy (non-hydrogen) atoms. The molecule has 0 saturated carbocycles. The van der Waals surface area contributed by atoms with Crippen LogP contribution in [0.15, 0.2) is 0 Å². The van der Waals surface area contributed by atoms with Gasteiger partial charge in [0, 0.05) is 0 Å². The van der Waals surface area contributed by atoms with Gasteiger partial charge in [0.15, 0.2) is 0 Å². The monoisotopic (exact) mass is 212 g/mol. The lowest BCUT2D eigenvalue weighted by molar-refractivity contribution is 0.0450. The highest BCUT2D eigenvalue weighted by atomic mass is 16.3. The molecule has 0 aliphatic carbocycles. The molecule has 0 aromatic carbocycles. The van der Waals surface area contributed by atoms with Crippen LogP contribution in [0.3, 0.4) is 0 Å². The fraction of sp³-hybridized carbons (Fsp3) is 1.00. The lowest BCUT2D eigenvalue weighted by Gasteiger charge is -1.96. The molecule has 0 aliphatic rings. The van der Waals surface area contributed by atoms with Gasteiger partial charge in [-0.15, -0.1) is 0 Å². The Morgan fingerprint density at radius 1 is 0.786 bits per heavy atom. The Balaban J connectivity index is -0.0000000297. The van der Waals surface area contributed by atoms with Crippen molar-refractivity contribution >= 4 is 0 Å². The third-order valence-corrected chi connectivity index (χ3v) is 0.421. The Morgan fingerprint density at radius 3 is 0.929 bits per heavy atom. The van der Waals surface area contributed by atoms with E-state index in [1.165, 1.54) is 12.8 Å². The van der Waals surface area contributed by atoms with E-state index in [1.807, 2.05) is 0 Å². The van der Waals surface area contributed by atoms with Crippen molar-refractivity contribution in [3.05, 3.63) is 0 Å². The lowest BCUT2D eigenvalue weighted by atomic mass is 10.4. The van der Waals surface area contributed by atoms with E-state index in [1.54, 1.807) is 0 Å². The zero-order chi connectivity index (χ0) is 10.4. The van der Waals surface area contributed by atoms with Crippen molar-refractivity contribution in [2.45, 2.75) is 61.5 Å². The first kappa shape index (κ1) is 29.2. The van der Waals surface area contributed by atoms with E-state index in [4.69, 9.17) is 15.3 Å². The standard InChI is InChI=1S/C3H8O3.2C3H8.2CH4/c4-1-3(6)2-5;2*1-3-2;;/h3-6H,1-2H2;2*3H2,1-2H3;2*1H4. The van der Waals surface area contributed by atoms with Crippen molar-refractivity contribution < 1.29 is 15.3 Å². The molecule has 0 radical (unpaired) electrons. The minimum absolute atomic E-state index is 0. The molecule has 0 aromatic heterocycles. The van der Waals surface area contributed by atoms with Crippen molar-refractivity contribution in [1.82, 2.24) is 0 Å². The Kier molecular flexibility index (Phi) is 80.1. The Morgan fingerprint density at radius 2 is 0.929 bits per heavy atom. The minimum Gasteiger partial charge on any atom is -0.394 e. The fourth-order valence-corrected chi connectivity index (χ4v) is 0.0577. The van der Waals surface area contributed by atoms with Crippen LogP contribution in [-0.2, 0) is 0 Å². The fourth-order valence-electron chi connectivity index (χ4n) is 0.0577. The van der Waals surface area contributed by atoms with Crippen LogP contribution < -0.4 is 0 Å². The second-order valence-corrected chi connectivity index (χ2v) is 2.43. The smallest absolute Gasteiger partial charge is 0.100 e. The van der Waals surface area contributed by atoms with Crippen LogP contribution in [0, 0.1) is 0 Å². The molecule has 3 heteroatoms. The maximum Gasteiger partial charge on any atom is 0.100 e. The molecule has 0 bridgehead atoms. The molecule has 0 heterocycles. The Bertz CT molecular complexity index is 43.8. The second-order valence-electron chi connectivity index (χ2n) is 2.43. The predicted octanol–water partition coefficient (Wildman–Crippen LogP) is 2.44. The summed E-state index contributed by atoms with van der Waals surface area (Å²) in [7, 11) is 0. The predicted molar refractivity (Wildman–Crippen MR) is 65.6 cm³/mol. The summed E-state index contributed by atoms with van der Waals surface area (Å²) in [5, 5.41) is 24.0. The van der Waals surface area contributed by atoms with Gasteiger partial charge in [-0.1, -0.05) is 55.4 Å². The number of aliphatic hydroxyl groups excluding tert-OH is 3. The summed E-state index contributed by atoms with van der Waals surface area (Å²) < 4.78 is 0. The number of hydrogen-bond donors (Lipinski definition) is 3. The quantitative estimate of drug-likeness (QED) is 0.659. The number of hydrogen-bond acceptors (Lipinski definition) is 3.